The molecular formula is C33H37N3O8. The molecule has 0 bridgehead atoms. The van der Waals surface area contributed by atoms with Gasteiger partial charge in [0.15, 0.2) is 0 Å². The molecule has 4 N–H and O–H groups in total. The third-order valence-electron chi connectivity index (χ3n) is 7.55. The van der Waals surface area contributed by atoms with E-state index in [9.17, 15) is 25.2 Å². The second kappa shape index (κ2) is 13.6. The highest BCUT2D eigenvalue weighted by Gasteiger charge is 2.44. The van der Waals surface area contributed by atoms with Crippen LogP contribution in [0.15, 0.2) is 83.5 Å². The van der Waals surface area contributed by atoms with Crippen molar-refractivity contribution >= 4 is 23.5 Å². The van der Waals surface area contributed by atoms with Gasteiger partial charge in [0.2, 0.25) is 6.29 Å². The number of benzene rings is 3. The number of amidine groups is 1. The average Bonchev–Trinajstić information content (AvgIpc) is 3.29. The fourth-order valence-electron chi connectivity index (χ4n) is 5.00. The molecule has 0 aromatic heterocycles. The van der Waals surface area contributed by atoms with Crippen LogP contribution in [0.1, 0.15) is 12.5 Å². The Bertz CT molecular complexity index is 1500. The predicted molar refractivity (Wildman–Crippen MR) is 165 cm³/mol. The zero-order chi connectivity index (χ0) is 31.4. The minimum Gasteiger partial charge on any atom is -0.492 e. The summed E-state index contributed by atoms with van der Waals surface area (Å²) in [5, 5.41) is 39.5. The summed E-state index contributed by atoms with van der Waals surface area (Å²) < 4.78 is 17.0. The lowest BCUT2D eigenvalue weighted by atomic mass is 9.99. The number of rotatable bonds is 10. The minimum absolute atomic E-state index is 0.157. The van der Waals surface area contributed by atoms with Gasteiger partial charge in [0.25, 0.3) is 5.91 Å². The summed E-state index contributed by atoms with van der Waals surface area (Å²) >= 11 is 0. The Morgan fingerprint density at radius 2 is 1.59 bits per heavy atom. The van der Waals surface area contributed by atoms with Crippen molar-refractivity contribution in [3.63, 3.8) is 0 Å². The lowest BCUT2D eigenvalue weighted by Gasteiger charge is -2.39. The van der Waals surface area contributed by atoms with E-state index in [2.05, 4.69) is 4.99 Å². The number of ether oxygens (including phenoxy) is 3. The van der Waals surface area contributed by atoms with Crippen molar-refractivity contribution in [1.82, 2.24) is 4.90 Å². The van der Waals surface area contributed by atoms with E-state index in [1.165, 1.54) is 0 Å². The molecule has 0 spiro atoms. The maximum Gasteiger partial charge on any atom is 0.277 e. The summed E-state index contributed by atoms with van der Waals surface area (Å²) in [5.41, 5.74) is 4.18. The molecule has 5 rings (SSSR count). The molecule has 0 aliphatic carbocycles. The number of nitrogens with zero attached hydrogens (tertiary/aromatic N) is 3. The fraction of sp³-hybridized carbons (Fsp3) is 0.333. The number of hydrogen-bond donors (Lipinski definition) is 4. The molecule has 3 aromatic carbocycles. The molecule has 3 aromatic rings. The molecule has 0 saturated carbocycles. The molecule has 11 heteroatoms. The molecule has 11 nitrogen and oxygen atoms in total. The van der Waals surface area contributed by atoms with Gasteiger partial charge in [0.05, 0.1) is 13.2 Å². The molecule has 232 valence electrons. The largest absolute Gasteiger partial charge is 0.492 e. The first-order valence-electron chi connectivity index (χ1n) is 14.3. The van der Waals surface area contributed by atoms with E-state index in [1.807, 2.05) is 86.6 Å². The zero-order valence-corrected chi connectivity index (χ0v) is 24.8. The summed E-state index contributed by atoms with van der Waals surface area (Å²) in [7, 11) is 3.94. The van der Waals surface area contributed by atoms with E-state index < -0.39 is 37.3 Å². The molecule has 5 atom stereocenters. The molecule has 0 radical (unpaired) electrons. The van der Waals surface area contributed by atoms with Crippen molar-refractivity contribution in [3.8, 4) is 22.6 Å². The van der Waals surface area contributed by atoms with E-state index in [-0.39, 0.29) is 5.91 Å². The maximum absolute atomic E-state index is 13.0. The number of hydrogen-bond acceptors (Lipinski definition) is 10. The summed E-state index contributed by atoms with van der Waals surface area (Å²) in [4.78, 5) is 21.1. The highest BCUT2D eigenvalue weighted by molar-refractivity contribution is 6.13. The standard InChI is InChI=1S/C33H37N3O8/c1-20-34-27(18-21-5-4-6-24(17-21)35(2)3)32(41)36(20)15-16-42-25-11-7-22(8-12-25)23-9-13-26(14-10-23)43-33-31(40)30(39)29(38)28(19-37)44-33/h4-14,17-18,28-31,33,37-40H,15-16,19H2,1-3H3/b27-18-. The van der Waals surface area contributed by atoms with Crippen LogP contribution in [0.2, 0.25) is 0 Å². The number of carbonyl (C=O) groups excluding carboxylic acids is 1. The Morgan fingerprint density at radius 3 is 2.23 bits per heavy atom. The average molecular weight is 604 g/mol. The molecule has 2 heterocycles. The third-order valence-corrected chi connectivity index (χ3v) is 7.55. The Balaban J connectivity index is 1.13. The van der Waals surface area contributed by atoms with Crippen LogP contribution in [0.25, 0.3) is 17.2 Å². The van der Waals surface area contributed by atoms with Gasteiger partial charge in [-0.2, -0.15) is 0 Å². The molecule has 5 unspecified atom stereocenters. The van der Waals surface area contributed by atoms with Crippen LogP contribution in [-0.4, -0.2) is 102 Å². The van der Waals surface area contributed by atoms with E-state index in [4.69, 9.17) is 14.2 Å². The maximum atomic E-state index is 13.0. The first kappa shape index (κ1) is 31.2. The van der Waals surface area contributed by atoms with Crippen LogP contribution >= 0.6 is 0 Å². The van der Waals surface area contributed by atoms with Crippen molar-refractivity contribution in [1.29, 1.82) is 0 Å². The van der Waals surface area contributed by atoms with Crippen molar-refractivity contribution in [3.05, 3.63) is 84.1 Å². The fourth-order valence-corrected chi connectivity index (χ4v) is 5.00. The number of aliphatic hydroxyl groups excluding tert-OH is 4. The van der Waals surface area contributed by atoms with Crippen LogP contribution in [0, 0.1) is 0 Å². The molecule has 1 amide bonds. The van der Waals surface area contributed by atoms with Crippen molar-refractivity contribution < 1.29 is 39.4 Å². The smallest absolute Gasteiger partial charge is 0.277 e. The van der Waals surface area contributed by atoms with Gasteiger partial charge in [0.1, 0.15) is 54.1 Å². The second-order valence-corrected chi connectivity index (χ2v) is 10.8. The number of amides is 1. The SMILES string of the molecule is CC1=N/C(=C\c2cccc(N(C)C)c2)C(=O)N1CCOc1ccc(-c2ccc(OC3OC(CO)C(O)C(O)C3O)cc2)cc1. The second-order valence-electron chi connectivity index (χ2n) is 10.8. The predicted octanol–water partition coefficient (Wildman–Crippen LogP) is 2.28. The van der Waals surface area contributed by atoms with Crippen molar-refractivity contribution in [2.75, 3.05) is 38.8 Å². The molecule has 2 aliphatic rings. The van der Waals surface area contributed by atoms with E-state index in [0.29, 0.717) is 36.2 Å². The topological polar surface area (TPSA) is 145 Å². The summed E-state index contributed by atoms with van der Waals surface area (Å²) in [6, 6.07) is 22.5. The van der Waals surface area contributed by atoms with Crippen LogP contribution in [0.3, 0.4) is 0 Å². The van der Waals surface area contributed by atoms with Gasteiger partial charge in [-0.25, -0.2) is 4.99 Å². The van der Waals surface area contributed by atoms with Gasteiger partial charge >= 0.3 is 0 Å². The van der Waals surface area contributed by atoms with Gasteiger partial charge < -0.3 is 39.5 Å². The van der Waals surface area contributed by atoms with Crippen LogP contribution in [0.5, 0.6) is 11.5 Å². The van der Waals surface area contributed by atoms with E-state index in [0.717, 1.165) is 22.4 Å². The monoisotopic (exact) mass is 603 g/mol. The van der Waals surface area contributed by atoms with Gasteiger partial charge in [-0.05, 0) is 66.1 Å². The van der Waals surface area contributed by atoms with Gasteiger partial charge in [-0.3, -0.25) is 9.69 Å². The highest BCUT2D eigenvalue weighted by atomic mass is 16.7. The van der Waals surface area contributed by atoms with Crippen molar-refractivity contribution in [2.45, 2.75) is 37.6 Å². The van der Waals surface area contributed by atoms with Crippen LogP contribution in [0.4, 0.5) is 5.69 Å². The molecule has 44 heavy (non-hydrogen) atoms. The van der Waals surface area contributed by atoms with E-state index >= 15 is 0 Å². The number of anilines is 1. The Labute approximate surface area is 255 Å². The number of carbonyl (C=O) groups is 1. The molecule has 1 fully saturated rings. The van der Waals surface area contributed by atoms with Crippen LogP contribution in [-0.2, 0) is 9.53 Å². The normalized spacial score (nSPS) is 24.4. The quantitative estimate of drug-likeness (QED) is 0.257. The first-order chi connectivity index (χ1) is 21.1. The van der Waals surface area contributed by atoms with Crippen LogP contribution < -0.4 is 14.4 Å². The summed E-state index contributed by atoms with van der Waals surface area (Å²) in [6.07, 6.45) is -4.93. The molecule has 1 saturated heterocycles. The highest BCUT2D eigenvalue weighted by Crippen LogP contribution is 2.28. The molecule has 2 aliphatic heterocycles. The van der Waals surface area contributed by atoms with Gasteiger partial charge in [-0.15, -0.1) is 0 Å². The number of aliphatic imine (C=N–C) groups is 1. The summed E-state index contributed by atoms with van der Waals surface area (Å²) in [5.74, 6) is 1.51. The Hall–Kier alpha value is -4.26. The minimum atomic E-state index is -1.51. The molecular weight excluding hydrogens is 566 g/mol. The number of aliphatic hydroxyl groups is 4. The van der Waals surface area contributed by atoms with Crippen molar-refractivity contribution in [2.24, 2.45) is 4.99 Å². The summed E-state index contributed by atoms with van der Waals surface area (Å²) in [6.45, 7) is 1.94. The third kappa shape index (κ3) is 6.93. The lowest BCUT2D eigenvalue weighted by molar-refractivity contribution is -0.277. The zero-order valence-electron chi connectivity index (χ0n) is 24.8. The Kier molecular flexibility index (Phi) is 9.62. The van der Waals surface area contributed by atoms with E-state index in [1.54, 1.807) is 23.1 Å². The lowest BCUT2D eigenvalue weighted by Crippen LogP contribution is -2.60. The first-order valence-corrected chi connectivity index (χ1v) is 14.3. The van der Waals surface area contributed by atoms with Gasteiger partial charge in [-0.1, -0.05) is 36.4 Å². The Morgan fingerprint density at radius 1 is 0.932 bits per heavy atom. The van der Waals surface area contributed by atoms with Gasteiger partial charge in [0, 0.05) is 19.8 Å².